The molecule has 2 fully saturated rings. The molecule has 170 valence electrons. The number of halogens is 1. The van der Waals surface area contributed by atoms with Crippen molar-refractivity contribution in [3.05, 3.63) is 35.9 Å². The minimum Gasteiger partial charge on any atom is -0.381 e. The molecule has 2 saturated heterocycles. The first-order chi connectivity index (χ1) is 14.2. The van der Waals surface area contributed by atoms with E-state index in [-0.39, 0.29) is 24.0 Å². The average molecular weight is 530 g/mol. The van der Waals surface area contributed by atoms with E-state index in [0.29, 0.717) is 18.2 Å². The molecule has 1 aromatic carbocycles. The molecule has 2 atom stereocenters. The summed E-state index contributed by atoms with van der Waals surface area (Å²) < 4.78 is 11.3. The first-order valence-corrected chi connectivity index (χ1v) is 11.2. The number of nitrogens with one attached hydrogen (secondary N) is 2. The first kappa shape index (κ1) is 25.4. The van der Waals surface area contributed by atoms with Crippen molar-refractivity contribution >= 4 is 29.9 Å². The molecule has 7 heteroatoms. The predicted molar refractivity (Wildman–Crippen MR) is 134 cm³/mol. The van der Waals surface area contributed by atoms with Gasteiger partial charge in [-0.2, -0.15) is 0 Å². The number of ether oxygens (including phenoxy) is 2. The Bertz CT molecular complexity index is 610. The van der Waals surface area contributed by atoms with E-state index in [0.717, 1.165) is 77.5 Å². The van der Waals surface area contributed by atoms with E-state index in [9.17, 15) is 0 Å². The lowest BCUT2D eigenvalue weighted by molar-refractivity contribution is -0.0320. The molecule has 2 aliphatic heterocycles. The molecule has 2 heterocycles. The standard InChI is InChI=1S/C23H38N4O2.HI/c1-19-17-21(9-13-27(19)18-20-7-4-3-5-8-20)26-23(24-2)25-12-6-14-29-22-10-15-28-16-11-22;/h3-5,7-8,19,21-22H,6,9-18H2,1-2H3,(H2,24,25,26);1H. The van der Waals surface area contributed by atoms with Gasteiger partial charge >= 0.3 is 0 Å². The van der Waals surface area contributed by atoms with Gasteiger partial charge in [-0.25, -0.2) is 0 Å². The number of benzene rings is 1. The molecule has 3 rings (SSSR count). The van der Waals surface area contributed by atoms with Crippen molar-refractivity contribution in [1.29, 1.82) is 0 Å². The normalized spacial score (nSPS) is 23.6. The molecule has 0 spiro atoms. The first-order valence-electron chi connectivity index (χ1n) is 11.2. The number of hydrogen-bond acceptors (Lipinski definition) is 4. The fourth-order valence-electron chi connectivity index (χ4n) is 4.16. The van der Waals surface area contributed by atoms with Gasteiger partial charge in [0.2, 0.25) is 0 Å². The van der Waals surface area contributed by atoms with Gasteiger partial charge in [0.1, 0.15) is 0 Å². The maximum atomic E-state index is 5.94. The third kappa shape index (κ3) is 8.69. The molecule has 2 unspecified atom stereocenters. The molecule has 0 saturated carbocycles. The lowest BCUT2D eigenvalue weighted by Gasteiger charge is -2.38. The van der Waals surface area contributed by atoms with Crippen molar-refractivity contribution in [2.75, 3.05) is 40.0 Å². The van der Waals surface area contributed by atoms with Crippen LogP contribution in [0.2, 0.25) is 0 Å². The van der Waals surface area contributed by atoms with Gasteiger partial charge in [-0.15, -0.1) is 24.0 Å². The lowest BCUT2D eigenvalue weighted by atomic mass is 9.97. The van der Waals surface area contributed by atoms with Crippen LogP contribution in [0, 0.1) is 0 Å². The van der Waals surface area contributed by atoms with Gasteiger partial charge in [-0.1, -0.05) is 30.3 Å². The molecule has 2 aliphatic rings. The van der Waals surface area contributed by atoms with Crippen molar-refractivity contribution in [3.8, 4) is 0 Å². The molecule has 30 heavy (non-hydrogen) atoms. The summed E-state index contributed by atoms with van der Waals surface area (Å²) in [5.41, 5.74) is 1.39. The highest BCUT2D eigenvalue weighted by Gasteiger charge is 2.25. The third-order valence-electron chi connectivity index (χ3n) is 5.94. The number of rotatable bonds is 8. The maximum absolute atomic E-state index is 5.94. The molecule has 0 aliphatic carbocycles. The fraction of sp³-hybridized carbons (Fsp3) is 0.696. The molecular formula is C23H39IN4O2. The van der Waals surface area contributed by atoms with Gasteiger partial charge in [-0.3, -0.25) is 9.89 Å². The number of likely N-dealkylation sites (tertiary alicyclic amines) is 1. The van der Waals surface area contributed by atoms with E-state index in [1.165, 1.54) is 5.56 Å². The largest absolute Gasteiger partial charge is 0.381 e. The Morgan fingerprint density at radius 3 is 2.67 bits per heavy atom. The highest BCUT2D eigenvalue weighted by Crippen LogP contribution is 2.20. The minimum atomic E-state index is 0. The van der Waals surface area contributed by atoms with E-state index in [2.05, 4.69) is 57.8 Å². The SMILES string of the molecule is CN=C(NCCCOC1CCOCC1)NC1CCN(Cc2ccccc2)C(C)C1.I. The minimum absolute atomic E-state index is 0. The van der Waals surface area contributed by atoms with E-state index in [1.54, 1.807) is 0 Å². The van der Waals surface area contributed by atoms with E-state index in [1.807, 2.05) is 7.05 Å². The van der Waals surface area contributed by atoms with Gasteiger partial charge in [0.25, 0.3) is 0 Å². The number of piperidine rings is 1. The number of hydrogen-bond donors (Lipinski definition) is 2. The van der Waals surface area contributed by atoms with Crippen LogP contribution in [0.4, 0.5) is 0 Å². The Hall–Kier alpha value is -0.900. The summed E-state index contributed by atoms with van der Waals surface area (Å²) in [6.07, 6.45) is 5.70. The van der Waals surface area contributed by atoms with Crippen molar-refractivity contribution < 1.29 is 9.47 Å². The van der Waals surface area contributed by atoms with Gasteiger partial charge < -0.3 is 20.1 Å². The zero-order valence-electron chi connectivity index (χ0n) is 18.5. The van der Waals surface area contributed by atoms with Crippen LogP contribution in [0.15, 0.2) is 35.3 Å². The Labute approximate surface area is 199 Å². The Morgan fingerprint density at radius 1 is 1.20 bits per heavy atom. The third-order valence-corrected chi connectivity index (χ3v) is 5.94. The molecule has 0 bridgehead atoms. The van der Waals surface area contributed by atoms with Gasteiger partial charge in [0.05, 0.1) is 6.10 Å². The summed E-state index contributed by atoms with van der Waals surface area (Å²) in [6.45, 7) is 7.83. The van der Waals surface area contributed by atoms with E-state index < -0.39 is 0 Å². The molecule has 0 radical (unpaired) electrons. The molecule has 0 aromatic heterocycles. The summed E-state index contributed by atoms with van der Waals surface area (Å²) in [6, 6.07) is 11.8. The second-order valence-corrected chi connectivity index (χ2v) is 8.21. The maximum Gasteiger partial charge on any atom is 0.191 e. The van der Waals surface area contributed by atoms with Crippen molar-refractivity contribution in [2.24, 2.45) is 4.99 Å². The van der Waals surface area contributed by atoms with Crippen LogP contribution in [-0.4, -0.2) is 69.0 Å². The summed E-state index contributed by atoms with van der Waals surface area (Å²) in [5, 5.41) is 7.06. The van der Waals surface area contributed by atoms with Crippen molar-refractivity contribution in [2.45, 2.75) is 63.8 Å². The molecule has 0 amide bonds. The quantitative estimate of drug-likeness (QED) is 0.234. The fourth-order valence-corrected chi connectivity index (χ4v) is 4.16. The van der Waals surface area contributed by atoms with Crippen LogP contribution >= 0.6 is 24.0 Å². The van der Waals surface area contributed by atoms with Crippen LogP contribution < -0.4 is 10.6 Å². The van der Waals surface area contributed by atoms with Crippen molar-refractivity contribution in [1.82, 2.24) is 15.5 Å². The second-order valence-electron chi connectivity index (χ2n) is 8.21. The Kier molecular flexibility index (Phi) is 12.0. The van der Waals surface area contributed by atoms with Gasteiger partial charge in [-0.05, 0) is 44.6 Å². The molecular weight excluding hydrogens is 491 g/mol. The lowest BCUT2D eigenvalue weighted by Crippen LogP contribution is -2.51. The van der Waals surface area contributed by atoms with Crippen LogP contribution in [0.25, 0.3) is 0 Å². The molecule has 6 nitrogen and oxygen atoms in total. The van der Waals surface area contributed by atoms with Crippen LogP contribution in [0.1, 0.15) is 44.6 Å². The number of nitrogens with zero attached hydrogens (tertiary/aromatic N) is 2. The van der Waals surface area contributed by atoms with Gasteiger partial charge in [0, 0.05) is 58.6 Å². The zero-order valence-corrected chi connectivity index (χ0v) is 20.8. The van der Waals surface area contributed by atoms with Crippen molar-refractivity contribution in [3.63, 3.8) is 0 Å². The summed E-state index contributed by atoms with van der Waals surface area (Å²) >= 11 is 0. The zero-order chi connectivity index (χ0) is 20.3. The van der Waals surface area contributed by atoms with Gasteiger partial charge in [0.15, 0.2) is 5.96 Å². The topological polar surface area (TPSA) is 58.1 Å². The monoisotopic (exact) mass is 530 g/mol. The summed E-state index contributed by atoms with van der Waals surface area (Å²) in [4.78, 5) is 6.99. The summed E-state index contributed by atoms with van der Waals surface area (Å²) in [7, 11) is 1.85. The van der Waals surface area contributed by atoms with E-state index in [4.69, 9.17) is 9.47 Å². The Morgan fingerprint density at radius 2 is 1.97 bits per heavy atom. The second kappa shape index (κ2) is 14.2. The van der Waals surface area contributed by atoms with Crippen LogP contribution in [-0.2, 0) is 16.0 Å². The smallest absolute Gasteiger partial charge is 0.191 e. The number of aliphatic imine (C=N–C) groups is 1. The summed E-state index contributed by atoms with van der Waals surface area (Å²) in [5.74, 6) is 0.907. The molecule has 1 aromatic rings. The Balaban J connectivity index is 0.00000320. The molecule has 2 N–H and O–H groups in total. The average Bonchev–Trinajstić information content (AvgIpc) is 2.76. The predicted octanol–water partition coefficient (Wildman–Crippen LogP) is 3.41. The highest BCUT2D eigenvalue weighted by molar-refractivity contribution is 14.0. The highest BCUT2D eigenvalue weighted by atomic mass is 127. The van der Waals surface area contributed by atoms with E-state index >= 15 is 0 Å². The van der Waals surface area contributed by atoms with Crippen LogP contribution in [0.3, 0.4) is 0 Å². The number of guanidine groups is 1. The van der Waals surface area contributed by atoms with Crippen LogP contribution in [0.5, 0.6) is 0 Å².